The molecule has 1 aliphatic heterocycles. The van der Waals surface area contributed by atoms with E-state index in [1.165, 1.54) is 6.07 Å². The van der Waals surface area contributed by atoms with Gasteiger partial charge in [0.2, 0.25) is 0 Å². The van der Waals surface area contributed by atoms with Crippen molar-refractivity contribution in [3.63, 3.8) is 0 Å². The lowest BCUT2D eigenvalue weighted by Crippen LogP contribution is -2.20. The first-order valence-electron chi connectivity index (χ1n) is 5.50. The maximum atomic E-state index is 13.5. The Hall–Kier alpha value is -0.490. The Morgan fingerprint density at radius 3 is 2.76 bits per heavy atom. The zero-order chi connectivity index (χ0) is 12.3. The predicted molar refractivity (Wildman–Crippen MR) is 64.1 cm³/mol. The van der Waals surface area contributed by atoms with Crippen LogP contribution >= 0.6 is 15.9 Å². The van der Waals surface area contributed by atoms with Crippen LogP contribution in [-0.2, 0) is 15.9 Å². The maximum absolute atomic E-state index is 13.5. The topological polar surface area (TPSA) is 38.7 Å². The molecule has 94 valence electrons. The van der Waals surface area contributed by atoms with Gasteiger partial charge in [-0.1, -0.05) is 22.0 Å². The number of hydrogen-bond donors (Lipinski definition) is 1. The molecule has 1 aromatic carbocycles. The smallest absolute Gasteiger partial charge is 0.160 e. The van der Waals surface area contributed by atoms with Crippen LogP contribution in [0.3, 0.4) is 0 Å². The Kier molecular flexibility index (Phi) is 4.50. The molecule has 0 spiro atoms. The molecule has 1 N–H and O–H groups in total. The van der Waals surface area contributed by atoms with Crippen molar-refractivity contribution in [2.24, 2.45) is 0 Å². The van der Waals surface area contributed by atoms with Gasteiger partial charge in [-0.3, -0.25) is 0 Å². The van der Waals surface area contributed by atoms with Gasteiger partial charge in [-0.05, 0) is 17.7 Å². The van der Waals surface area contributed by atoms with Crippen LogP contribution < -0.4 is 0 Å². The molecule has 0 radical (unpaired) electrons. The first kappa shape index (κ1) is 13.0. The van der Waals surface area contributed by atoms with E-state index in [-0.39, 0.29) is 18.5 Å². The lowest BCUT2D eigenvalue weighted by Gasteiger charge is -2.15. The van der Waals surface area contributed by atoms with Crippen molar-refractivity contribution < 1.29 is 19.0 Å². The quantitative estimate of drug-likeness (QED) is 0.927. The SMILES string of the molecule is OC(Cc1ccc(Br)cc1F)CC1OCCO1. The molecule has 17 heavy (non-hydrogen) atoms. The summed E-state index contributed by atoms with van der Waals surface area (Å²) in [5.41, 5.74) is 0.499. The van der Waals surface area contributed by atoms with Gasteiger partial charge in [0.25, 0.3) is 0 Å². The molecule has 0 bridgehead atoms. The largest absolute Gasteiger partial charge is 0.393 e. The van der Waals surface area contributed by atoms with E-state index < -0.39 is 6.10 Å². The van der Waals surface area contributed by atoms with Crippen LogP contribution in [0.5, 0.6) is 0 Å². The Morgan fingerprint density at radius 2 is 2.12 bits per heavy atom. The summed E-state index contributed by atoms with van der Waals surface area (Å²) in [4.78, 5) is 0. The molecular formula is C12H14BrFO3. The second-order valence-corrected chi connectivity index (χ2v) is 4.92. The van der Waals surface area contributed by atoms with E-state index in [4.69, 9.17) is 9.47 Å². The van der Waals surface area contributed by atoms with Gasteiger partial charge >= 0.3 is 0 Å². The third-order valence-corrected chi connectivity index (χ3v) is 3.12. The summed E-state index contributed by atoms with van der Waals surface area (Å²) in [5.74, 6) is -0.313. The highest BCUT2D eigenvalue weighted by molar-refractivity contribution is 9.10. The highest BCUT2D eigenvalue weighted by Gasteiger charge is 2.20. The molecule has 1 aliphatic rings. The summed E-state index contributed by atoms with van der Waals surface area (Å²) in [7, 11) is 0. The summed E-state index contributed by atoms with van der Waals surface area (Å²) >= 11 is 3.19. The van der Waals surface area contributed by atoms with Gasteiger partial charge in [0.15, 0.2) is 6.29 Å². The van der Waals surface area contributed by atoms with Gasteiger partial charge in [-0.2, -0.15) is 0 Å². The van der Waals surface area contributed by atoms with Crippen LogP contribution in [0.4, 0.5) is 4.39 Å². The maximum Gasteiger partial charge on any atom is 0.160 e. The fraction of sp³-hybridized carbons (Fsp3) is 0.500. The first-order valence-corrected chi connectivity index (χ1v) is 6.29. The fourth-order valence-corrected chi connectivity index (χ4v) is 2.12. The molecule has 1 heterocycles. The average Bonchev–Trinajstić information content (AvgIpc) is 2.75. The minimum atomic E-state index is -0.659. The van der Waals surface area contributed by atoms with E-state index in [1.54, 1.807) is 12.1 Å². The molecule has 1 atom stereocenters. The van der Waals surface area contributed by atoms with Crippen LogP contribution in [0.15, 0.2) is 22.7 Å². The molecule has 0 aromatic heterocycles. The molecule has 0 amide bonds. The van der Waals surface area contributed by atoms with E-state index in [9.17, 15) is 9.50 Å². The minimum Gasteiger partial charge on any atom is -0.393 e. The van der Waals surface area contributed by atoms with Gasteiger partial charge in [0, 0.05) is 17.3 Å². The predicted octanol–water partition coefficient (Wildman–Crippen LogP) is 2.25. The average molecular weight is 305 g/mol. The monoisotopic (exact) mass is 304 g/mol. The van der Waals surface area contributed by atoms with Crippen LogP contribution in [0.2, 0.25) is 0 Å². The molecule has 0 saturated carbocycles. The number of aliphatic hydroxyl groups is 1. The first-order chi connectivity index (χ1) is 8.15. The number of aliphatic hydroxyl groups excluding tert-OH is 1. The standard InChI is InChI=1S/C12H14BrFO3/c13-9-2-1-8(11(14)6-9)5-10(15)7-12-16-3-4-17-12/h1-2,6,10,12,15H,3-5,7H2. The molecular weight excluding hydrogens is 291 g/mol. The second kappa shape index (κ2) is 5.91. The molecule has 5 heteroatoms. The third kappa shape index (κ3) is 3.74. The molecule has 2 rings (SSSR count). The highest BCUT2D eigenvalue weighted by Crippen LogP contribution is 2.19. The van der Waals surface area contributed by atoms with Crippen LogP contribution in [0, 0.1) is 5.82 Å². The van der Waals surface area contributed by atoms with E-state index in [2.05, 4.69) is 15.9 Å². The van der Waals surface area contributed by atoms with Gasteiger partial charge in [0.05, 0.1) is 19.3 Å². The summed E-state index contributed by atoms with van der Waals surface area (Å²) < 4.78 is 24.7. The highest BCUT2D eigenvalue weighted by atomic mass is 79.9. The van der Waals surface area contributed by atoms with Crippen molar-refractivity contribution in [3.05, 3.63) is 34.1 Å². The van der Waals surface area contributed by atoms with Crippen LogP contribution in [0.25, 0.3) is 0 Å². The Balaban J connectivity index is 1.90. The second-order valence-electron chi connectivity index (χ2n) is 4.00. The van der Waals surface area contributed by atoms with Crippen molar-refractivity contribution >= 4 is 15.9 Å². The summed E-state index contributed by atoms with van der Waals surface area (Å²) in [6, 6.07) is 4.82. The van der Waals surface area contributed by atoms with Gasteiger partial charge < -0.3 is 14.6 Å². The van der Waals surface area contributed by atoms with Crippen molar-refractivity contribution in [1.82, 2.24) is 0 Å². The van der Waals surface area contributed by atoms with Crippen molar-refractivity contribution in [1.29, 1.82) is 0 Å². The van der Waals surface area contributed by atoms with Gasteiger partial charge in [0.1, 0.15) is 5.82 Å². The summed E-state index contributed by atoms with van der Waals surface area (Å²) in [5, 5.41) is 9.82. The number of ether oxygens (including phenoxy) is 2. The van der Waals surface area contributed by atoms with Crippen molar-refractivity contribution in [3.8, 4) is 0 Å². The molecule has 1 saturated heterocycles. The Bertz CT molecular complexity index is 380. The molecule has 1 unspecified atom stereocenters. The number of rotatable bonds is 4. The lowest BCUT2D eigenvalue weighted by atomic mass is 10.1. The Morgan fingerprint density at radius 1 is 1.41 bits per heavy atom. The molecule has 3 nitrogen and oxygen atoms in total. The molecule has 0 aliphatic carbocycles. The summed E-state index contributed by atoms with van der Waals surface area (Å²) in [6.45, 7) is 1.12. The lowest BCUT2D eigenvalue weighted by molar-refractivity contribution is -0.0699. The van der Waals surface area contributed by atoms with E-state index in [1.807, 2.05) is 0 Å². The fourth-order valence-electron chi connectivity index (χ4n) is 1.79. The molecule has 1 fully saturated rings. The van der Waals surface area contributed by atoms with E-state index >= 15 is 0 Å². The van der Waals surface area contributed by atoms with Crippen molar-refractivity contribution in [2.75, 3.05) is 13.2 Å². The van der Waals surface area contributed by atoms with E-state index in [0.29, 0.717) is 29.7 Å². The molecule has 1 aromatic rings. The number of benzene rings is 1. The van der Waals surface area contributed by atoms with Crippen LogP contribution in [0.1, 0.15) is 12.0 Å². The number of halogens is 2. The zero-order valence-electron chi connectivity index (χ0n) is 9.23. The minimum absolute atomic E-state index is 0.266. The normalized spacial score (nSPS) is 18.5. The van der Waals surface area contributed by atoms with Gasteiger partial charge in [-0.15, -0.1) is 0 Å². The Labute approximate surface area is 108 Å². The van der Waals surface area contributed by atoms with Gasteiger partial charge in [-0.25, -0.2) is 4.39 Å². The zero-order valence-corrected chi connectivity index (χ0v) is 10.8. The number of hydrogen-bond acceptors (Lipinski definition) is 3. The van der Waals surface area contributed by atoms with Crippen LogP contribution in [-0.4, -0.2) is 30.7 Å². The summed E-state index contributed by atoms with van der Waals surface area (Å²) in [6.07, 6.45) is -0.380. The third-order valence-electron chi connectivity index (χ3n) is 2.63. The van der Waals surface area contributed by atoms with Crippen molar-refractivity contribution in [2.45, 2.75) is 25.2 Å². The van der Waals surface area contributed by atoms with E-state index in [0.717, 1.165) is 0 Å².